The average Bonchev–Trinajstić information content (AvgIpc) is 3.26. The largest absolute Gasteiger partial charge is 0.491 e. The van der Waals surface area contributed by atoms with Gasteiger partial charge in [0.2, 0.25) is 21.7 Å². The number of hydrogen-bond acceptors (Lipinski definition) is 7. The molecule has 26 heavy (non-hydrogen) atoms. The van der Waals surface area contributed by atoms with Crippen molar-refractivity contribution in [3.8, 4) is 16.5 Å². The highest BCUT2D eigenvalue weighted by atomic mass is 32.2. The third kappa shape index (κ3) is 4.69. The van der Waals surface area contributed by atoms with Gasteiger partial charge in [-0.2, -0.15) is 4.98 Å². The van der Waals surface area contributed by atoms with Gasteiger partial charge in [-0.3, -0.25) is 0 Å². The Hall–Kier alpha value is -2.23. The summed E-state index contributed by atoms with van der Waals surface area (Å²) in [5, 5.41) is 5.83. The van der Waals surface area contributed by atoms with Crippen molar-refractivity contribution < 1.29 is 17.7 Å². The number of nitrogens with zero attached hydrogens (tertiary/aromatic N) is 2. The molecule has 2 aromatic heterocycles. The predicted molar refractivity (Wildman–Crippen MR) is 98.7 cm³/mol. The first-order valence-electron chi connectivity index (χ1n) is 8.07. The first-order chi connectivity index (χ1) is 12.4. The van der Waals surface area contributed by atoms with E-state index < -0.39 is 10.0 Å². The number of rotatable bonds is 8. The molecule has 0 radical (unpaired) electrons. The Morgan fingerprint density at radius 1 is 1.23 bits per heavy atom. The maximum Gasteiger partial charge on any atom is 0.240 e. The van der Waals surface area contributed by atoms with Gasteiger partial charge in [0.1, 0.15) is 5.75 Å². The lowest BCUT2D eigenvalue weighted by atomic mass is 10.3. The summed E-state index contributed by atoms with van der Waals surface area (Å²) in [5.41, 5.74) is 0. The van der Waals surface area contributed by atoms with Crippen molar-refractivity contribution in [2.45, 2.75) is 31.3 Å². The van der Waals surface area contributed by atoms with Crippen LogP contribution in [0.1, 0.15) is 19.7 Å². The van der Waals surface area contributed by atoms with Gasteiger partial charge in [-0.1, -0.05) is 11.2 Å². The Bertz CT molecular complexity index is 933. The fourth-order valence-corrected chi connectivity index (χ4v) is 3.89. The zero-order chi connectivity index (χ0) is 18.6. The maximum atomic E-state index is 12.3. The molecule has 0 aliphatic rings. The van der Waals surface area contributed by atoms with Crippen LogP contribution in [0.15, 0.2) is 51.2 Å². The van der Waals surface area contributed by atoms with E-state index in [1.807, 2.05) is 31.4 Å². The van der Waals surface area contributed by atoms with E-state index in [0.717, 1.165) is 4.88 Å². The highest BCUT2D eigenvalue weighted by Crippen LogP contribution is 2.21. The van der Waals surface area contributed by atoms with Gasteiger partial charge in [0.05, 0.1) is 15.9 Å². The van der Waals surface area contributed by atoms with E-state index in [1.165, 1.54) is 23.5 Å². The van der Waals surface area contributed by atoms with E-state index in [4.69, 9.17) is 9.26 Å². The zero-order valence-electron chi connectivity index (χ0n) is 14.4. The fraction of sp³-hybridized carbons (Fsp3) is 0.294. The summed E-state index contributed by atoms with van der Waals surface area (Å²) in [6.45, 7) is 3.99. The number of sulfonamides is 1. The zero-order valence-corrected chi connectivity index (χ0v) is 16.0. The van der Waals surface area contributed by atoms with Crippen LogP contribution < -0.4 is 9.46 Å². The Labute approximate surface area is 156 Å². The molecule has 0 unspecified atom stereocenters. The van der Waals surface area contributed by atoms with Crippen molar-refractivity contribution in [2.24, 2.45) is 0 Å². The van der Waals surface area contributed by atoms with Gasteiger partial charge in [0.15, 0.2) is 0 Å². The molecule has 0 saturated carbocycles. The van der Waals surface area contributed by atoms with Crippen LogP contribution in [0.5, 0.6) is 5.75 Å². The van der Waals surface area contributed by atoms with Crippen LogP contribution in [0.25, 0.3) is 10.7 Å². The SMILES string of the molecule is CC(C)Oc1ccc(S(=O)(=O)NCCc2nc(-c3cccs3)no2)cc1. The van der Waals surface area contributed by atoms with E-state index in [2.05, 4.69) is 14.9 Å². The minimum Gasteiger partial charge on any atom is -0.491 e. The summed E-state index contributed by atoms with van der Waals surface area (Å²) in [7, 11) is -3.61. The van der Waals surface area contributed by atoms with Crippen molar-refractivity contribution in [3.63, 3.8) is 0 Å². The van der Waals surface area contributed by atoms with Crippen LogP contribution in [0, 0.1) is 0 Å². The van der Waals surface area contributed by atoms with Gasteiger partial charge in [-0.25, -0.2) is 13.1 Å². The molecule has 7 nitrogen and oxygen atoms in total. The average molecular weight is 393 g/mol. The van der Waals surface area contributed by atoms with Crippen molar-refractivity contribution in [1.82, 2.24) is 14.9 Å². The molecule has 0 saturated heterocycles. The monoisotopic (exact) mass is 393 g/mol. The molecule has 0 atom stereocenters. The highest BCUT2D eigenvalue weighted by molar-refractivity contribution is 7.89. The van der Waals surface area contributed by atoms with Crippen molar-refractivity contribution in [2.75, 3.05) is 6.54 Å². The number of aromatic nitrogens is 2. The molecule has 9 heteroatoms. The Kier molecular flexibility index (Phi) is 5.70. The van der Waals surface area contributed by atoms with E-state index in [9.17, 15) is 8.42 Å². The second-order valence-electron chi connectivity index (χ2n) is 5.77. The van der Waals surface area contributed by atoms with Crippen molar-refractivity contribution in [1.29, 1.82) is 0 Å². The summed E-state index contributed by atoms with van der Waals surface area (Å²) in [6, 6.07) is 10.1. The predicted octanol–water partition coefficient (Wildman–Crippen LogP) is 3.11. The van der Waals surface area contributed by atoms with Crippen molar-refractivity contribution in [3.05, 3.63) is 47.7 Å². The third-order valence-electron chi connectivity index (χ3n) is 3.35. The minimum absolute atomic E-state index is 0.0315. The molecule has 0 spiro atoms. The molecule has 0 aliphatic carbocycles. The summed E-state index contributed by atoms with van der Waals surface area (Å²) >= 11 is 1.51. The molecule has 3 aromatic rings. The summed E-state index contributed by atoms with van der Waals surface area (Å²) in [4.78, 5) is 5.35. The second kappa shape index (κ2) is 7.98. The topological polar surface area (TPSA) is 94.3 Å². The first-order valence-corrected chi connectivity index (χ1v) is 10.4. The van der Waals surface area contributed by atoms with Crippen molar-refractivity contribution >= 4 is 21.4 Å². The van der Waals surface area contributed by atoms with Gasteiger partial charge >= 0.3 is 0 Å². The number of hydrogen-bond donors (Lipinski definition) is 1. The Balaban J connectivity index is 1.57. The summed E-state index contributed by atoms with van der Waals surface area (Å²) < 4.78 is 37.9. The van der Waals surface area contributed by atoms with Crippen LogP contribution >= 0.6 is 11.3 Å². The van der Waals surface area contributed by atoms with Gasteiger partial charge in [0, 0.05) is 13.0 Å². The second-order valence-corrected chi connectivity index (χ2v) is 8.49. The third-order valence-corrected chi connectivity index (χ3v) is 5.69. The molecule has 0 fully saturated rings. The van der Waals surface area contributed by atoms with Crippen LogP contribution in [-0.2, 0) is 16.4 Å². The number of nitrogens with one attached hydrogen (secondary N) is 1. The molecule has 0 amide bonds. The molecule has 138 valence electrons. The number of ether oxygens (including phenoxy) is 1. The molecular weight excluding hydrogens is 374 g/mol. The first kappa shape index (κ1) is 18.6. The lowest BCUT2D eigenvalue weighted by Crippen LogP contribution is -2.26. The molecule has 3 rings (SSSR count). The van der Waals surface area contributed by atoms with Gasteiger partial charge in [-0.15, -0.1) is 11.3 Å². The number of thiophene rings is 1. The smallest absolute Gasteiger partial charge is 0.240 e. The lowest BCUT2D eigenvalue weighted by Gasteiger charge is -2.10. The quantitative estimate of drug-likeness (QED) is 0.632. The molecule has 0 bridgehead atoms. The molecular formula is C17H19N3O4S2. The fourth-order valence-electron chi connectivity index (χ4n) is 2.21. The van der Waals surface area contributed by atoms with Gasteiger partial charge in [0.25, 0.3) is 0 Å². The van der Waals surface area contributed by atoms with Gasteiger partial charge < -0.3 is 9.26 Å². The Morgan fingerprint density at radius 3 is 2.65 bits per heavy atom. The minimum atomic E-state index is -3.61. The van der Waals surface area contributed by atoms with Gasteiger partial charge in [-0.05, 0) is 49.6 Å². The molecule has 1 aromatic carbocycles. The van der Waals surface area contributed by atoms with E-state index in [0.29, 0.717) is 23.9 Å². The summed E-state index contributed by atoms with van der Waals surface area (Å²) in [6.07, 6.45) is 0.343. The van der Waals surface area contributed by atoms with E-state index in [-0.39, 0.29) is 17.5 Å². The summed E-state index contributed by atoms with van der Waals surface area (Å²) in [5.74, 6) is 1.53. The molecule has 0 aliphatic heterocycles. The van der Waals surface area contributed by atoms with Crippen LogP contribution in [0.3, 0.4) is 0 Å². The van der Waals surface area contributed by atoms with E-state index in [1.54, 1.807) is 12.1 Å². The standard InChI is InChI=1S/C17H19N3O4S2/c1-12(2)23-13-5-7-14(8-6-13)26(21,22)18-10-9-16-19-17(20-24-16)15-4-3-11-25-15/h3-8,11-12,18H,9-10H2,1-2H3. The lowest BCUT2D eigenvalue weighted by molar-refractivity contribution is 0.242. The molecule has 2 heterocycles. The van der Waals surface area contributed by atoms with Crippen LogP contribution in [0.2, 0.25) is 0 Å². The van der Waals surface area contributed by atoms with E-state index >= 15 is 0 Å². The van der Waals surface area contributed by atoms with Crippen LogP contribution in [-0.4, -0.2) is 31.2 Å². The highest BCUT2D eigenvalue weighted by Gasteiger charge is 2.15. The maximum absolute atomic E-state index is 12.3. The normalized spacial score (nSPS) is 11.8. The molecule has 1 N–H and O–H groups in total. The van der Waals surface area contributed by atoms with Crippen LogP contribution in [0.4, 0.5) is 0 Å². The Morgan fingerprint density at radius 2 is 2.00 bits per heavy atom. The number of benzene rings is 1.